The van der Waals surface area contributed by atoms with Crippen LogP contribution in [0, 0.1) is 10.1 Å². The molecule has 160 valence electrons. The molecule has 2 aromatic carbocycles. The molecule has 0 saturated heterocycles. The highest BCUT2D eigenvalue weighted by atomic mass is 32.2. The minimum absolute atomic E-state index is 0.00337. The molecule has 1 N–H and O–H groups in total. The number of nitro groups is 1. The maximum Gasteiger partial charge on any atom is 0.337 e. The second-order valence-electron chi connectivity index (χ2n) is 6.34. The Morgan fingerprint density at radius 3 is 2.50 bits per heavy atom. The molecule has 0 aliphatic rings. The third-order valence-electron chi connectivity index (χ3n) is 4.06. The van der Waals surface area contributed by atoms with Gasteiger partial charge in [-0.15, -0.1) is 0 Å². The van der Waals surface area contributed by atoms with Gasteiger partial charge in [0.1, 0.15) is 0 Å². The van der Waals surface area contributed by atoms with Gasteiger partial charge >= 0.3 is 5.97 Å². The van der Waals surface area contributed by atoms with E-state index in [1.54, 1.807) is 18.2 Å². The van der Waals surface area contributed by atoms with E-state index in [0.717, 1.165) is 10.6 Å². The maximum atomic E-state index is 12.2. The van der Waals surface area contributed by atoms with Crippen LogP contribution in [0.15, 0.2) is 48.5 Å². The average Bonchev–Trinajstić information content (AvgIpc) is 2.70. The van der Waals surface area contributed by atoms with E-state index in [4.69, 9.17) is 0 Å². The fraction of sp³-hybridized carbons (Fsp3) is 0.263. The van der Waals surface area contributed by atoms with Gasteiger partial charge in [0.05, 0.1) is 29.5 Å². The molecule has 11 heteroatoms. The number of nitrogens with one attached hydrogen (secondary N) is 1. The van der Waals surface area contributed by atoms with Crippen LogP contribution in [0.4, 0.5) is 17.1 Å². The van der Waals surface area contributed by atoms with Crippen LogP contribution in [0.5, 0.6) is 0 Å². The number of ether oxygens (including phenoxy) is 1. The summed E-state index contributed by atoms with van der Waals surface area (Å²) in [4.78, 5) is 34.1. The number of amides is 1. The van der Waals surface area contributed by atoms with Crippen LogP contribution < -0.4 is 9.62 Å². The number of hydrogen-bond donors (Lipinski definition) is 1. The molecule has 0 unspecified atom stereocenters. The Kier molecular flexibility index (Phi) is 7.48. The Labute approximate surface area is 173 Å². The van der Waals surface area contributed by atoms with E-state index >= 15 is 0 Å². The molecular formula is C19H21N3O7S. The summed E-state index contributed by atoms with van der Waals surface area (Å²) in [7, 11) is -2.46. The fourth-order valence-electron chi connectivity index (χ4n) is 2.70. The first-order valence-electron chi connectivity index (χ1n) is 8.82. The summed E-state index contributed by atoms with van der Waals surface area (Å²) in [5.41, 5.74) is 0.605. The first kappa shape index (κ1) is 22.8. The summed E-state index contributed by atoms with van der Waals surface area (Å²) < 4.78 is 29.9. The molecule has 0 saturated carbocycles. The van der Waals surface area contributed by atoms with Gasteiger partial charge in [-0.3, -0.25) is 19.2 Å². The van der Waals surface area contributed by atoms with E-state index in [9.17, 15) is 28.1 Å². The highest BCUT2D eigenvalue weighted by molar-refractivity contribution is 7.92. The molecule has 0 spiro atoms. The zero-order chi connectivity index (χ0) is 22.3. The summed E-state index contributed by atoms with van der Waals surface area (Å²) in [6.07, 6.45) is 1.17. The Morgan fingerprint density at radius 2 is 1.87 bits per heavy atom. The number of anilines is 2. The number of carbonyl (C=O) groups is 2. The second-order valence-corrected chi connectivity index (χ2v) is 8.24. The van der Waals surface area contributed by atoms with E-state index in [1.807, 2.05) is 0 Å². The fourth-order valence-corrected chi connectivity index (χ4v) is 3.65. The molecule has 0 radical (unpaired) electrons. The van der Waals surface area contributed by atoms with Gasteiger partial charge in [0.25, 0.3) is 5.69 Å². The number of hydrogen-bond acceptors (Lipinski definition) is 7. The first-order chi connectivity index (χ1) is 14.1. The summed E-state index contributed by atoms with van der Waals surface area (Å²) in [5.74, 6) is -0.906. The molecule has 0 atom stereocenters. The largest absolute Gasteiger partial charge is 0.465 e. The molecule has 0 fully saturated rings. The third kappa shape index (κ3) is 6.27. The van der Waals surface area contributed by atoms with Crippen molar-refractivity contribution in [1.82, 2.24) is 0 Å². The molecule has 0 aliphatic heterocycles. The Hall–Kier alpha value is -3.47. The number of sulfonamides is 1. The van der Waals surface area contributed by atoms with Crippen LogP contribution >= 0.6 is 0 Å². The highest BCUT2D eigenvalue weighted by Crippen LogP contribution is 2.23. The lowest BCUT2D eigenvalue weighted by Crippen LogP contribution is -2.31. The van der Waals surface area contributed by atoms with E-state index in [1.165, 1.54) is 37.4 Å². The minimum atomic E-state index is -3.71. The van der Waals surface area contributed by atoms with Crippen molar-refractivity contribution in [2.45, 2.75) is 12.8 Å². The quantitative estimate of drug-likeness (QED) is 0.363. The number of nitrogens with zero attached hydrogens (tertiary/aromatic N) is 2. The number of benzene rings is 2. The number of methoxy groups -OCH3 is 1. The van der Waals surface area contributed by atoms with Gasteiger partial charge in [0.2, 0.25) is 15.9 Å². The molecule has 0 aliphatic carbocycles. The van der Waals surface area contributed by atoms with Crippen molar-refractivity contribution in [1.29, 1.82) is 0 Å². The van der Waals surface area contributed by atoms with Crippen LogP contribution in [0.1, 0.15) is 23.2 Å². The third-order valence-corrected chi connectivity index (χ3v) is 5.26. The molecule has 30 heavy (non-hydrogen) atoms. The Morgan fingerprint density at radius 1 is 1.17 bits per heavy atom. The van der Waals surface area contributed by atoms with E-state index < -0.39 is 20.9 Å². The first-order valence-corrected chi connectivity index (χ1v) is 10.7. The van der Waals surface area contributed by atoms with E-state index in [2.05, 4.69) is 10.1 Å². The van der Waals surface area contributed by atoms with Gasteiger partial charge in [0, 0.05) is 30.8 Å². The van der Waals surface area contributed by atoms with Crippen molar-refractivity contribution in [2.24, 2.45) is 0 Å². The number of rotatable bonds is 9. The minimum Gasteiger partial charge on any atom is -0.465 e. The van der Waals surface area contributed by atoms with Crippen molar-refractivity contribution in [3.8, 4) is 0 Å². The number of non-ortho nitro benzene ring substituents is 1. The molecular weight excluding hydrogens is 414 g/mol. The summed E-state index contributed by atoms with van der Waals surface area (Å²) in [6, 6.07) is 11.5. The Bertz CT molecular complexity index is 1050. The number of carbonyl (C=O) groups excluding carboxylic acids is 2. The van der Waals surface area contributed by atoms with Crippen molar-refractivity contribution < 1.29 is 27.7 Å². The van der Waals surface area contributed by atoms with Crippen LogP contribution in [0.3, 0.4) is 0 Å². The summed E-state index contributed by atoms with van der Waals surface area (Å²) in [5, 5.41) is 13.6. The standard InChI is InChI=1S/C19H21N3O7S/c1-29-19(24)14-6-3-7-15(12-14)20-18(23)10-5-11-21(30(2,27)28)16-8-4-9-17(13-16)22(25)26/h3-4,6-9,12-13H,5,10-11H2,1-2H3,(H,20,23). The predicted octanol–water partition coefficient (Wildman–Crippen LogP) is 2.57. The second kappa shape index (κ2) is 9.83. The van der Waals surface area contributed by atoms with Gasteiger partial charge in [-0.05, 0) is 30.7 Å². The lowest BCUT2D eigenvalue weighted by Gasteiger charge is -2.22. The summed E-state index contributed by atoms with van der Waals surface area (Å²) in [6.45, 7) is -0.0321. The normalized spacial score (nSPS) is 10.9. The van der Waals surface area contributed by atoms with Crippen molar-refractivity contribution >= 4 is 39.0 Å². The van der Waals surface area contributed by atoms with Crippen LogP contribution in [-0.4, -0.2) is 45.1 Å². The smallest absolute Gasteiger partial charge is 0.337 e. The number of nitro benzene ring substituents is 1. The molecule has 2 aromatic rings. The monoisotopic (exact) mass is 435 g/mol. The number of esters is 1. The van der Waals surface area contributed by atoms with Gasteiger partial charge in [-0.1, -0.05) is 12.1 Å². The van der Waals surface area contributed by atoms with E-state index in [-0.39, 0.29) is 42.2 Å². The van der Waals surface area contributed by atoms with Crippen LogP contribution in [0.25, 0.3) is 0 Å². The van der Waals surface area contributed by atoms with E-state index in [0.29, 0.717) is 5.69 Å². The SMILES string of the molecule is COC(=O)c1cccc(NC(=O)CCCN(c2cccc([N+](=O)[O-])c2)S(C)(=O)=O)c1. The van der Waals surface area contributed by atoms with Crippen molar-refractivity contribution in [3.05, 3.63) is 64.2 Å². The zero-order valence-electron chi connectivity index (χ0n) is 16.4. The van der Waals surface area contributed by atoms with Gasteiger partial charge in [-0.25, -0.2) is 13.2 Å². The topological polar surface area (TPSA) is 136 Å². The molecule has 2 rings (SSSR count). The average molecular weight is 435 g/mol. The van der Waals surface area contributed by atoms with Gasteiger partial charge < -0.3 is 10.1 Å². The molecule has 0 bridgehead atoms. The lowest BCUT2D eigenvalue weighted by atomic mass is 10.2. The molecule has 0 heterocycles. The molecule has 1 amide bonds. The molecule has 10 nitrogen and oxygen atoms in total. The van der Waals surface area contributed by atoms with Crippen molar-refractivity contribution in [2.75, 3.05) is 29.5 Å². The van der Waals surface area contributed by atoms with Gasteiger partial charge in [-0.2, -0.15) is 0 Å². The highest BCUT2D eigenvalue weighted by Gasteiger charge is 2.20. The van der Waals surface area contributed by atoms with Crippen LogP contribution in [0.2, 0.25) is 0 Å². The van der Waals surface area contributed by atoms with Crippen molar-refractivity contribution in [3.63, 3.8) is 0 Å². The van der Waals surface area contributed by atoms with Gasteiger partial charge in [0.15, 0.2) is 0 Å². The summed E-state index contributed by atoms with van der Waals surface area (Å²) >= 11 is 0. The molecule has 0 aromatic heterocycles. The Balaban J connectivity index is 2.02. The zero-order valence-corrected chi connectivity index (χ0v) is 17.2. The van der Waals surface area contributed by atoms with Crippen LogP contribution in [-0.2, 0) is 19.6 Å². The predicted molar refractivity (Wildman–Crippen MR) is 111 cm³/mol. The maximum absolute atomic E-state index is 12.2. The lowest BCUT2D eigenvalue weighted by molar-refractivity contribution is -0.384.